The molecule has 5 amide bonds. The highest BCUT2D eigenvalue weighted by Gasteiger charge is 2.31. The van der Waals surface area contributed by atoms with E-state index in [4.69, 9.17) is 45.9 Å². The molecule has 0 bridgehead atoms. The molecule has 0 aliphatic rings. The Labute approximate surface area is 322 Å². The average molecular weight is 786 g/mol. The molecule has 0 saturated carbocycles. The number of nitrogens with two attached hydrogens (primary N) is 8. The van der Waals surface area contributed by atoms with E-state index < -0.39 is 71.8 Å². The fraction of sp³-hybridized carbons (Fsp3) is 0.758. The Morgan fingerprint density at radius 3 is 1.25 bits per heavy atom. The molecule has 0 rings (SSSR count). The first-order chi connectivity index (χ1) is 26.1. The second kappa shape index (κ2) is 29.5. The van der Waals surface area contributed by atoms with Crippen molar-refractivity contribution in [1.82, 2.24) is 26.6 Å². The van der Waals surface area contributed by atoms with Crippen LogP contribution in [0.25, 0.3) is 0 Å². The Balaban J connectivity index is 6.00. The van der Waals surface area contributed by atoms with E-state index in [1.54, 1.807) is 0 Å². The molecule has 22 nitrogen and oxygen atoms in total. The summed E-state index contributed by atoms with van der Waals surface area (Å²) in [6.07, 6.45) is 4.55. The van der Waals surface area contributed by atoms with Gasteiger partial charge >= 0.3 is 5.97 Å². The molecule has 0 aromatic heterocycles. The van der Waals surface area contributed by atoms with Gasteiger partial charge in [-0.1, -0.05) is 6.42 Å². The predicted molar refractivity (Wildman–Crippen MR) is 209 cm³/mol. The van der Waals surface area contributed by atoms with E-state index in [0.29, 0.717) is 71.0 Å². The Kier molecular flexibility index (Phi) is 27.0. The highest BCUT2D eigenvalue weighted by atomic mass is 16.4. The van der Waals surface area contributed by atoms with Gasteiger partial charge in [0.2, 0.25) is 29.5 Å². The zero-order valence-electron chi connectivity index (χ0n) is 32.1. The zero-order chi connectivity index (χ0) is 41.8. The van der Waals surface area contributed by atoms with Crippen LogP contribution in [0.4, 0.5) is 0 Å². The number of aliphatic imine (C=N–C) groups is 2. The molecule has 0 saturated heterocycles. The van der Waals surface area contributed by atoms with Crippen LogP contribution in [0.5, 0.6) is 0 Å². The maximum atomic E-state index is 13.7. The van der Waals surface area contributed by atoms with Gasteiger partial charge in [0.05, 0.1) is 6.04 Å². The summed E-state index contributed by atoms with van der Waals surface area (Å²) in [6, 6.07) is -6.79. The first-order valence-electron chi connectivity index (χ1n) is 18.8. The number of guanidine groups is 2. The van der Waals surface area contributed by atoms with E-state index in [-0.39, 0.29) is 57.1 Å². The van der Waals surface area contributed by atoms with Crippen LogP contribution in [0.2, 0.25) is 0 Å². The van der Waals surface area contributed by atoms with Crippen LogP contribution in [0.3, 0.4) is 0 Å². The molecule has 0 aliphatic carbocycles. The highest BCUT2D eigenvalue weighted by molar-refractivity contribution is 5.96. The Morgan fingerprint density at radius 2 is 0.836 bits per heavy atom. The minimum absolute atomic E-state index is 0.0341. The van der Waals surface area contributed by atoms with Gasteiger partial charge in [-0.2, -0.15) is 0 Å². The molecule has 0 unspecified atom stereocenters. The molecule has 0 aromatic rings. The van der Waals surface area contributed by atoms with Crippen molar-refractivity contribution in [2.24, 2.45) is 55.9 Å². The van der Waals surface area contributed by atoms with E-state index in [1.807, 2.05) is 0 Å². The van der Waals surface area contributed by atoms with Crippen molar-refractivity contribution in [3.63, 3.8) is 0 Å². The molecule has 55 heavy (non-hydrogen) atoms. The largest absolute Gasteiger partial charge is 0.480 e. The maximum Gasteiger partial charge on any atom is 0.326 e. The topological polar surface area (TPSA) is 416 Å². The summed E-state index contributed by atoms with van der Waals surface area (Å²) in [4.78, 5) is 86.3. The van der Waals surface area contributed by atoms with Crippen LogP contribution in [-0.4, -0.2) is 122 Å². The number of hydrogen-bond donors (Lipinski definition) is 14. The number of nitrogens with one attached hydrogen (secondary N) is 5. The number of rotatable bonds is 31. The Morgan fingerprint density at radius 1 is 0.491 bits per heavy atom. The number of unbranched alkanes of at least 4 members (excludes halogenated alkanes) is 3. The van der Waals surface area contributed by atoms with Gasteiger partial charge in [-0.3, -0.25) is 34.0 Å². The average Bonchev–Trinajstić information content (AvgIpc) is 3.12. The molecule has 6 atom stereocenters. The number of amides is 5. The van der Waals surface area contributed by atoms with Gasteiger partial charge in [-0.15, -0.1) is 0 Å². The number of nitrogens with zero attached hydrogens (tertiary/aromatic N) is 2. The Bertz CT molecular complexity index is 1250. The summed E-state index contributed by atoms with van der Waals surface area (Å²) < 4.78 is 0. The first kappa shape index (κ1) is 50.2. The van der Waals surface area contributed by atoms with Crippen LogP contribution in [0.1, 0.15) is 90.4 Å². The SMILES string of the molecule is C[C@H](NC(=O)[C@H](CCCN=C(N)N)NC(=O)[C@@H](N)CCCCN)C(=O)N[C@@H](CCCCN)C(=O)N[C@@H](CCCN=C(N)N)C(=O)N[C@@H](CCCCN)C(=O)O. The Hall–Kier alpha value is -4.80. The number of carbonyl (C=O) groups excluding carboxylic acids is 5. The van der Waals surface area contributed by atoms with Gasteiger partial charge in [0.1, 0.15) is 30.2 Å². The van der Waals surface area contributed by atoms with Crippen LogP contribution < -0.4 is 72.5 Å². The number of carboxylic acids is 1. The molecule has 0 aliphatic heterocycles. The molecule has 316 valence electrons. The third kappa shape index (κ3) is 23.6. The van der Waals surface area contributed by atoms with Gasteiger partial charge in [-0.25, -0.2) is 4.79 Å². The monoisotopic (exact) mass is 786 g/mol. The molecule has 22 N–H and O–H groups in total. The highest BCUT2D eigenvalue weighted by Crippen LogP contribution is 2.08. The second-order valence-electron chi connectivity index (χ2n) is 13.2. The van der Waals surface area contributed by atoms with Crippen molar-refractivity contribution in [2.75, 3.05) is 32.7 Å². The molecule has 0 radical (unpaired) electrons. The lowest BCUT2D eigenvalue weighted by Gasteiger charge is -2.26. The minimum Gasteiger partial charge on any atom is -0.480 e. The lowest BCUT2D eigenvalue weighted by molar-refractivity contribution is -0.142. The third-order valence-corrected chi connectivity index (χ3v) is 8.36. The van der Waals surface area contributed by atoms with Gasteiger partial charge < -0.3 is 77.6 Å². The van der Waals surface area contributed by atoms with Gasteiger partial charge in [-0.05, 0) is 104 Å². The molecule has 0 heterocycles. The third-order valence-electron chi connectivity index (χ3n) is 8.36. The summed E-state index contributed by atoms with van der Waals surface area (Å²) in [6.45, 7) is 2.82. The quantitative estimate of drug-likeness (QED) is 0.0178. The van der Waals surface area contributed by atoms with Crippen molar-refractivity contribution >= 4 is 47.4 Å². The summed E-state index contributed by atoms with van der Waals surface area (Å²) in [5.74, 6) is -5.01. The van der Waals surface area contributed by atoms with Gasteiger partial charge in [0, 0.05) is 13.1 Å². The van der Waals surface area contributed by atoms with Crippen molar-refractivity contribution in [3.05, 3.63) is 0 Å². The van der Waals surface area contributed by atoms with E-state index >= 15 is 0 Å². The van der Waals surface area contributed by atoms with Crippen molar-refractivity contribution in [2.45, 2.75) is 127 Å². The standard InChI is InChI=1S/C33H67N15O7/c1-20(44-28(51)23(13-8-18-42-32(38)39)46-27(50)21(37)10-2-5-15-34)26(49)45-22(11-3-6-16-35)29(52)47-24(14-9-19-43-33(40)41)30(53)48-25(31(54)55)12-4-7-17-36/h20-25H,2-19,34-37H2,1H3,(H,44,51)(H,45,49)(H,46,50)(H,47,52)(H,48,53)(H,54,55)(H4,38,39,42)(H4,40,41,43)/t20-,21-,22-,23-,24-,25-/m0/s1. The zero-order valence-corrected chi connectivity index (χ0v) is 32.1. The van der Waals surface area contributed by atoms with Gasteiger partial charge in [0.25, 0.3) is 0 Å². The van der Waals surface area contributed by atoms with Crippen molar-refractivity contribution in [1.29, 1.82) is 0 Å². The number of carboxylic acid groups (broad SMARTS) is 1. The molecular formula is C33H67N15O7. The number of hydrogen-bond acceptors (Lipinski definition) is 12. The smallest absolute Gasteiger partial charge is 0.326 e. The van der Waals surface area contributed by atoms with Crippen LogP contribution in [0.15, 0.2) is 9.98 Å². The summed E-state index contributed by atoms with van der Waals surface area (Å²) in [5, 5.41) is 22.6. The fourth-order valence-electron chi connectivity index (χ4n) is 5.20. The minimum atomic E-state index is -1.25. The molecular weight excluding hydrogens is 718 g/mol. The van der Waals surface area contributed by atoms with Gasteiger partial charge in [0.15, 0.2) is 11.9 Å². The van der Waals surface area contributed by atoms with Crippen molar-refractivity contribution in [3.8, 4) is 0 Å². The van der Waals surface area contributed by atoms with Crippen molar-refractivity contribution < 1.29 is 33.9 Å². The lowest BCUT2D eigenvalue weighted by Crippen LogP contribution is -2.58. The normalized spacial score (nSPS) is 14.1. The fourth-order valence-corrected chi connectivity index (χ4v) is 5.20. The van der Waals surface area contributed by atoms with Crippen LogP contribution in [-0.2, 0) is 28.8 Å². The van der Waals surface area contributed by atoms with Crippen LogP contribution >= 0.6 is 0 Å². The number of carbonyl (C=O) groups is 6. The first-order valence-corrected chi connectivity index (χ1v) is 18.8. The van der Waals surface area contributed by atoms with E-state index in [2.05, 4.69) is 36.6 Å². The second-order valence-corrected chi connectivity index (χ2v) is 13.2. The summed E-state index contributed by atoms with van der Waals surface area (Å²) in [5.41, 5.74) is 44.3. The molecule has 0 aromatic carbocycles. The molecule has 0 fully saturated rings. The lowest BCUT2D eigenvalue weighted by atomic mass is 10.0. The molecule has 0 spiro atoms. The van der Waals surface area contributed by atoms with E-state index in [0.717, 1.165) is 0 Å². The van der Waals surface area contributed by atoms with E-state index in [9.17, 15) is 33.9 Å². The summed E-state index contributed by atoms with van der Waals surface area (Å²) in [7, 11) is 0. The van der Waals surface area contributed by atoms with Crippen LogP contribution in [0, 0.1) is 0 Å². The number of aliphatic carboxylic acids is 1. The summed E-state index contributed by atoms with van der Waals surface area (Å²) >= 11 is 0. The predicted octanol–water partition coefficient (Wildman–Crippen LogP) is -4.66. The maximum absolute atomic E-state index is 13.7. The van der Waals surface area contributed by atoms with E-state index in [1.165, 1.54) is 6.92 Å². The molecule has 22 heteroatoms.